The van der Waals surface area contributed by atoms with Crippen LogP contribution in [0, 0.1) is 0 Å². The summed E-state index contributed by atoms with van der Waals surface area (Å²) >= 11 is 7.42. The van der Waals surface area contributed by atoms with E-state index < -0.39 is 0 Å². The summed E-state index contributed by atoms with van der Waals surface area (Å²) in [6, 6.07) is 10.2. The van der Waals surface area contributed by atoms with Crippen molar-refractivity contribution in [1.29, 1.82) is 0 Å². The molecule has 0 spiro atoms. The molecule has 6 heteroatoms. The van der Waals surface area contributed by atoms with Gasteiger partial charge >= 0.3 is 0 Å². The van der Waals surface area contributed by atoms with Crippen molar-refractivity contribution < 1.29 is 4.79 Å². The molecule has 1 aromatic heterocycles. The van der Waals surface area contributed by atoms with Crippen LogP contribution in [0.3, 0.4) is 0 Å². The van der Waals surface area contributed by atoms with Gasteiger partial charge in [0.05, 0.1) is 0 Å². The molecule has 1 saturated heterocycles. The summed E-state index contributed by atoms with van der Waals surface area (Å²) in [5.41, 5.74) is 1.21. The Kier molecular flexibility index (Phi) is 4.95. The largest absolute Gasteiger partial charge is 0.345 e. The Hall–Kier alpha value is -1.59. The number of anilines is 1. The lowest BCUT2D eigenvalue weighted by molar-refractivity contribution is -0.131. The van der Waals surface area contributed by atoms with Crippen LogP contribution < -0.4 is 4.90 Å². The summed E-state index contributed by atoms with van der Waals surface area (Å²) < 4.78 is 0. The topological polar surface area (TPSA) is 36.4 Å². The second-order valence-corrected chi connectivity index (χ2v) is 6.53. The second-order valence-electron chi connectivity index (χ2n) is 5.31. The maximum Gasteiger partial charge on any atom is 0.223 e. The standard InChI is InChI=1S/C16H18ClN3OS/c17-14-12-22-16(18-14)20-10-8-19(9-11-20)15(21)7-6-13-4-2-1-3-5-13/h1-5,12H,6-11H2. The average Bonchev–Trinajstić information content (AvgIpc) is 3.00. The molecule has 0 saturated carbocycles. The third-order valence-electron chi connectivity index (χ3n) is 3.84. The predicted molar refractivity (Wildman–Crippen MR) is 90.7 cm³/mol. The van der Waals surface area contributed by atoms with Crippen molar-refractivity contribution in [3.63, 3.8) is 0 Å². The summed E-state index contributed by atoms with van der Waals surface area (Å²) in [5, 5.41) is 3.33. The maximum atomic E-state index is 12.3. The van der Waals surface area contributed by atoms with Crippen molar-refractivity contribution in [1.82, 2.24) is 9.88 Å². The molecule has 0 aliphatic carbocycles. The molecule has 2 heterocycles. The molecule has 0 unspecified atom stereocenters. The Labute approximate surface area is 139 Å². The highest BCUT2D eigenvalue weighted by molar-refractivity contribution is 7.14. The van der Waals surface area contributed by atoms with E-state index in [1.165, 1.54) is 5.56 Å². The smallest absolute Gasteiger partial charge is 0.223 e. The number of halogens is 1. The summed E-state index contributed by atoms with van der Waals surface area (Å²) in [6.07, 6.45) is 1.38. The third-order valence-corrected chi connectivity index (χ3v) is 5.06. The van der Waals surface area contributed by atoms with E-state index in [0.717, 1.165) is 37.7 Å². The van der Waals surface area contributed by atoms with Crippen molar-refractivity contribution in [3.8, 4) is 0 Å². The Bertz CT molecular complexity index is 623. The number of aryl methyl sites for hydroxylation is 1. The summed E-state index contributed by atoms with van der Waals surface area (Å²) in [5.74, 6) is 0.237. The molecule has 1 amide bonds. The van der Waals surface area contributed by atoms with E-state index in [2.05, 4.69) is 22.0 Å². The van der Waals surface area contributed by atoms with E-state index in [9.17, 15) is 4.79 Å². The van der Waals surface area contributed by atoms with Crippen molar-refractivity contribution >= 4 is 34.0 Å². The second kappa shape index (κ2) is 7.11. The average molecular weight is 336 g/mol. The van der Waals surface area contributed by atoms with Crippen LogP contribution >= 0.6 is 22.9 Å². The van der Waals surface area contributed by atoms with Crippen molar-refractivity contribution in [2.75, 3.05) is 31.1 Å². The van der Waals surface area contributed by atoms with E-state index in [4.69, 9.17) is 11.6 Å². The molecule has 0 radical (unpaired) electrons. The van der Waals surface area contributed by atoms with Crippen molar-refractivity contribution in [3.05, 3.63) is 46.4 Å². The van der Waals surface area contributed by atoms with E-state index in [0.29, 0.717) is 11.6 Å². The maximum absolute atomic E-state index is 12.3. The van der Waals surface area contributed by atoms with Gasteiger partial charge < -0.3 is 9.80 Å². The number of thiazole rings is 1. The van der Waals surface area contributed by atoms with E-state index in [1.54, 1.807) is 11.3 Å². The molecule has 1 aliphatic rings. The zero-order valence-corrected chi connectivity index (χ0v) is 13.8. The van der Waals surface area contributed by atoms with E-state index in [-0.39, 0.29) is 5.91 Å². The number of rotatable bonds is 4. The van der Waals surface area contributed by atoms with Gasteiger partial charge in [0, 0.05) is 38.0 Å². The van der Waals surface area contributed by atoms with Crippen LogP contribution in [0.15, 0.2) is 35.7 Å². The summed E-state index contributed by atoms with van der Waals surface area (Å²) in [7, 11) is 0. The Balaban J connectivity index is 1.47. The number of nitrogens with zero attached hydrogens (tertiary/aromatic N) is 3. The number of hydrogen-bond donors (Lipinski definition) is 0. The fourth-order valence-electron chi connectivity index (χ4n) is 2.59. The molecule has 116 valence electrons. The molecule has 1 aromatic carbocycles. The minimum Gasteiger partial charge on any atom is -0.345 e. The minimum atomic E-state index is 0.237. The van der Waals surface area contributed by atoms with Gasteiger partial charge in [0.25, 0.3) is 0 Å². The highest BCUT2D eigenvalue weighted by Crippen LogP contribution is 2.24. The van der Waals surface area contributed by atoms with Gasteiger partial charge in [-0.1, -0.05) is 41.9 Å². The number of carbonyl (C=O) groups is 1. The first-order valence-electron chi connectivity index (χ1n) is 7.40. The summed E-state index contributed by atoms with van der Waals surface area (Å²) in [4.78, 5) is 20.7. The van der Waals surface area contributed by atoms with Gasteiger partial charge in [-0.15, -0.1) is 11.3 Å². The van der Waals surface area contributed by atoms with Gasteiger partial charge in [-0.25, -0.2) is 4.98 Å². The zero-order valence-electron chi connectivity index (χ0n) is 12.2. The zero-order chi connectivity index (χ0) is 15.4. The molecule has 22 heavy (non-hydrogen) atoms. The Morgan fingerprint density at radius 1 is 1.18 bits per heavy atom. The van der Waals surface area contributed by atoms with Gasteiger partial charge in [0.1, 0.15) is 5.15 Å². The third kappa shape index (κ3) is 3.78. The Morgan fingerprint density at radius 2 is 1.91 bits per heavy atom. The van der Waals surface area contributed by atoms with Gasteiger partial charge in [-0.05, 0) is 12.0 Å². The van der Waals surface area contributed by atoms with Gasteiger partial charge in [0.15, 0.2) is 5.13 Å². The van der Waals surface area contributed by atoms with Crippen LogP contribution in [0.2, 0.25) is 5.15 Å². The molecule has 4 nitrogen and oxygen atoms in total. The minimum absolute atomic E-state index is 0.237. The van der Waals surface area contributed by atoms with Crippen LogP contribution in [0.25, 0.3) is 0 Å². The SMILES string of the molecule is O=C(CCc1ccccc1)N1CCN(c2nc(Cl)cs2)CC1. The molecule has 1 fully saturated rings. The first kappa shape index (κ1) is 15.3. The fraction of sp³-hybridized carbons (Fsp3) is 0.375. The number of amides is 1. The number of hydrogen-bond acceptors (Lipinski definition) is 4. The molecule has 2 aromatic rings. The van der Waals surface area contributed by atoms with Gasteiger partial charge in [0.2, 0.25) is 5.91 Å². The van der Waals surface area contributed by atoms with E-state index in [1.807, 2.05) is 28.5 Å². The molecule has 3 rings (SSSR count). The fourth-order valence-corrected chi connectivity index (χ4v) is 3.59. The lowest BCUT2D eigenvalue weighted by Gasteiger charge is -2.34. The van der Waals surface area contributed by atoms with Crippen molar-refractivity contribution in [2.45, 2.75) is 12.8 Å². The quantitative estimate of drug-likeness (QED) is 0.861. The number of piperazine rings is 1. The Morgan fingerprint density at radius 3 is 2.55 bits per heavy atom. The normalized spacial score (nSPS) is 15.1. The van der Waals surface area contributed by atoms with Gasteiger partial charge in [-0.3, -0.25) is 4.79 Å². The summed E-state index contributed by atoms with van der Waals surface area (Å²) in [6.45, 7) is 3.15. The number of carbonyl (C=O) groups excluding carboxylic acids is 1. The van der Waals surface area contributed by atoms with Crippen molar-refractivity contribution in [2.24, 2.45) is 0 Å². The molecule has 0 atom stereocenters. The first-order chi connectivity index (χ1) is 10.7. The van der Waals surface area contributed by atoms with Crippen LogP contribution in [-0.4, -0.2) is 42.0 Å². The molecular weight excluding hydrogens is 318 g/mol. The lowest BCUT2D eigenvalue weighted by atomic mass is 10.1. The van der Waals surface area contributed by atoms with Gasteiger partial charge in [-0.2, -0.15) is 0 Å². The highest BCUT2D eigenvalue weighted by atomic mass is 35.5. The van der Waals surface area contributed by atoms with E-state index >= 15 is 0 Å². The highest BCUT2D eigenvalue weighted by Gasteiger charge is 2.22. The molecule has 0 bridgehead atoms. The van der Waals surface area contributed by atoms with Crippen LogP contribution in [0.1, 0.15) is 12.0 Å². The van der Waals surface area contributed by atoms with Crippen LogP contribution in [0.4, 0.5) is 5.13 Å². The van der Waals surface area contributed by atoms with Crippen LogP contribution in [0.5, 0.6) is 0 Å². The first-order valence-corrected chi connectivity index (χ1v) is 8.66. The number of aromatic nitrogens is 1. The predicted octanol–water partition coefficient (Wildman–Crippen LogP) is 3.08. The monoisotopic (exact) mass is 335 g/mol. The molecule has 0 N–H and O–H groups in total. The van der Waals surface area contributed by atoms with Crippen LogP contribution in [-0.2, 0) is 11.2 Å². The molecular formula is C16H18ClN3OS. The number of benzene rings is 1. The lowest BCUT2D eigenvalue weighted by Crippen LogP contribution is -2.48. The molecule has 1 aliphatic heterocycles.